The Balaban J connectivity index is 1.38. The van der Waals surface area contributed by atoms with E-state index in [1.165, 1.54) is 6.33 Å². The third kappa shape index (κ3) is 4.36. The van der Waals surface area contributed by atoms with Crippen LogP contribution < -0.4 is 0 Å². The summed E-state index contributed by atoms with van der Waals surface area (Å²) in [4.78, 5) is 26.7. The topological polar surface area (TPSA) is 60.7 Å². The average Bonchev–Trinajstić information content (AvgIpc) is 3.55. The number of fused-ring (bicyclic) bond motifs is 1. The summed E-state index contributed by atoms with van der Waals surface area (Å²) in [6.07, 6.45) is 10.5. The van der Waals surface area contributed by atoms with Gasteiger partial charge >= 0.3 is 0 Å². The molecule has 2 heterocycles. The molecule has 0 saturated carbocycles. The maximum absolute atomic E-state index is 13.3. The second-order valence-electron chi connectivity index (χ2n) is 10.4. The molecule has 0 radical (unpaired) electrons. The number of carbonyl (C=O) groups excluding carboxylic acids is 1. The van der Waals surface area contributed by atoms with Crippen LogP contribution >= 0.6 is 0 Å². The molecular formula is C37H28N4O. The molecule has 0 aliphatic heterocycles. The van der Waals surface area contributed by atoms with Gasteiger partial charge in [0.25, 0.3) is 0 Å². The number of hydrogen-bond acceptors (Lipinski definition) is 4. The van der Waals surface area contributed by atoms with Crippen LogP contribution in [0.3, 0.4) is 0 Å². The molecule has 4 aromatic carbocycles. The van der Waals surface area contributed by atoms with E-state index in [4.69, 9.17) is 4.98 Å². The molecule has 0 fully saturated rings. The van der Waals surface area contributed by atoms with E-state index in [1.807, 2.05) is 48.8 Å². The van der Waals surface area contributed by atoms with Gasteiger partial charge in [-0.1, -0.05) is 115 Å². The average molecular weight is 545 g/mol. The molecule has 0 N–H and O–H groups in total. The number of carbonyl (C=O) groups is 1. The molecule has 5 heteroatoms. The Hall–Kier alpha value is -5.42. The molecule has 0 bridgehead atoms. The highest BCUT2D eigenvalue weighted by Gasteiger charge is 2.38. The lowest BCUT2D eigenvalue weighted by Crippen LogP contribution is -2.36. The Bertz CT molecular complexity index is 1800. The Morgan fingerprint density at radius 3 is 1.90 bits per heavy atom. The normalized spacial score (nSPS) is 14.1. The van der Waals surface area contributed by atoms with Gasteiger partial charge in [-0.25, -0.2) is 15.0 Å². The molecule has 0 spiro atoms. The van der Waals surface area contributed by atoms with Gasteiger partial charge in [-0.05, 0) is 41.2 Å². The van der Waals surface area contributed by atoms with Gasteiger partial charge in [0.2, 0.25) is 0 Å². The van der Waals surface area contributed by atoms with Gasteiger partial charge < -0.3 is 4.57 Å². The van der Waals surface area contributed by atoms with Crippen LogP contribution in [0.15, 0.2) is 146 Å². The van der Waals surface area contributed by atoms with Crippen molar-refractivity contribution in [3.8, 4) is 11.3 Å². The zero-order valence-electron chi connectivity index (χ0n) is 23.0. The largest absolute Gasteiger partial charge is 0.318 e. The van der Waals surface area contributed by atoms with Gasteiger partial charge in [0.15, 0.2) is 5.78 Å². The molecule has 1 aliphatic carbocycles. The molecule has 5 nitrogen and oxygen atoms in total. The minimum atomic E-state index is -0.647. The van der Waals surface area contributed by atoms with Gasteiger partial charge in [-0.2, -0.15) is 0 Å². The second kappa shape index (κ2) is 10.9. The molecule has 0 unspecified atom stereocenters. The standard InChI is InChI=1S/C37H28N4O/c42-36-28(20-21-34-33(36)23-38-25-39-34)22-27-12-10-11-19-32(27)35-24-41(26-40-35)37(29-13-4-1-5-14-29,30-15-6-2-7-16-30)31-17-8-3-9-18-31/h1-19,22-26H,20-21H2/b28-22+. The summed E-state index contributed by atoms with van der Waals surface area (Å²) >= 11 is 0. The van der Waals surface area contributed by atoms with Crippen molar-refractivity contribution in [1.29, 1.82) is 0 Å². The Labute approximate surface area is 244 Å². The van der Waals surface area contributed by atoms with E-state index in [9.17, 15) is 4.79 Å². The fraction of sp³-hybridized carbons (Fsp3) is 0.0811. The fourth-order valence-corrected chi connectivity index (χ4v) is 6.10. The highest BCUT2D eigenvalue weighted by atomic mass is 16.1. The number of ketones is 1. The number of Topliss-reactive ketones (excluding diaryl/α,β-unsaturated/α-hetero) is 1. The summed E-state index contributed by atoms with van der Waals surface area (Å²) < 4.78 is 2.21. The van der Waals surface area contributed by atoms with Crippen LogP contribution in [0.1, 0.15) is 44.7 Å². The van der Waals surface area contributed by atoms with Crippen molar-refractivity contribution < 1.29 is 4.79 Å². The maximum Gasteiger partial charge on any atom is 0.192 e. The third-order valence-corrected chi connectivity index (χ3v) is 8.07. The van der Waals surface area contributed by atoms with Crippen LogP contribution in [-0.2, 0) is 12.0 Å². The number of benzene rings is 4. The molecular weight excluding hydrogens is 516 g/mol. The molecule has 0 atom stereocenters. The monoisotopic (exact) mass is 544 g/mol. The van der Waals surface area contributed by atoms with Gasteiger partial charge in [0, 0.05) is 23.5 Å². The van der Waals surface area contributed by atoms with E-state index < -0.39 is 5.54 Å². The van der Waals surface area contributed by atoms with Crippen molar-refractivity contribution in [2.75, 3.05) is 0 Å². The van der Waals surface area contributed by atoms with E-state index in [-0.39, 0.29) is 5.78 Å². The van der Waals surface area contributed by atoms with Crippen molar-refractivity contribution in [2.24, 2.45) is 0 Å². The van der Waals surface area contributed by atoms with Crippen molar-refractivity contribution in [2.45, 2.75) is 18.4 Å². The van der Waals surface area contributed by atoms with E-state index in [0.717, 1.165) is 51.2 Å². The first-order chi connectivity index (χ1) is 20.7. The number of allylic oxidation sites excluding steroid dienone is 1. The molecule has 0 amide bonds. The zero-order chi connectivity index (χ0) is 28.4. The summed E-state index contributed by atoms with van der Waals surface area (Å²) in [6, 6.07) is 39.8. The van der Waals surface area contributed by atoms with Crippen LogP contribution in [0.2, 0.25) is 0 Å². The molecule has 1 aliphatic rings. The van der Waals surface area contributed by atoms with Crippen LogP contribution in [-0.4, -0.2) is 25.3 Å². The smallest absolute Gasteiger partial charge is 0.192 e. The predicted molar refractivity (Wildman–Crippen MR) is 165 cm³/mol. The zero-order valence-corrected chi connectivity index (χ0v) is 23.0. The van der Waals surface area contributed by atoms with Crippen LogP contribution in [0, 0.1) is 0 Å². The molecule has 202 valence electrons. The minimum Gasteiger partial charge on any atom is -0.318 e. The molecule has 6 aromatic rings. The molecule has 7 rings (SSSR count). The van der Waals surface area contributed by atoms with Gasteiger partial charge in [0.1, 0.15) is 11.9 Å². The number of nitrogens with zero attached hydrogens (tertiary/aromatic N) is 4. The number of aromatic nitrogens is 4. The lowest BCUT2D eigenvalue weighted by molar-refractivity contribution is 0.102. The summed E-state index contributed by atoms with van der Waals surface area (Å²) in [5.74, 6) is -0.00608. The SMILES string of the molecule is O=C1/C(=C/c2ccccc2-c2cn(C(c3ccccc3)(c3ccccc3)c3ccccc3)cn2)CCc2ncncc21. The van der Waals surface area contributed by atoms with Gasteiger partial charge in [-0.15, -0.1) is 0 Å². The van der Waals surface area contributed by atoms with Crippen LogP contribution in [0.5, 0.6) is 0 Å². The summed E-state index contributed by atoms with van der Waals surface area (Å²) in [5, 5.41) is 0. The van der Waals surface area contributed by atoms with Crippen LogP contribution in [0.4, 0.5) is 0 Å². The summed E-state index contributed by atoms with van der Waals surface area (Å²) in [6.45, 7) is 0. The van der Waals surface area contributed by atoms with E-state index in [2.05, 4.69) is 99.6 Å². The predicted octanol–water partition coefficient (Wildman–Crippen LogP) is 7.39. The molecule has 0 saturated heterocycles. The minimum absolute atomic E-state index is 0.00608. The second-order valence-corrected chi connectivity index (χ2v) is 10.4. The van der Waals surface area contributed by atoms with Crippen molar-refractivity contribution in [1.82, 2.24) is 19.5 Å². The van der Waals surface area contributed by atoms with Crippen molar-refractivity contribution in [3.63, 3.8) is 0 Å². The maximum atomic E-state index is 13.3. The van der Waals surface area contributed by atoms with Crippen molar-refractivity contribution in [3.05, 3.63) is 179 Å². The summed E-state index contributed by atoms with van der Waals surface area (Å²) in [5.41, 5.74) is 7.68. The Morgan fingerprint density at radius 1 is 0.667 bits per heavy atom. The number of rotatable bonds is 6. The number of hydrogen-bond donors (Lipinski definition) is 0. The van der Waals surface area contributed by atoms with Gasteiger partial charge in [0.05, 0.1) is 23.3 Å². The van der Waals surface area contributed by atoms with Crippen molar-refractivity contribution >= 4 is 11.9 Å². The van der Waals surface area contributed by atoms with E-state index in [1.54, 1.807) is 6.20 Å². The first kappa shape index (κ1) is 25.5. The molecule has 2 aromatic heterocycles. The Morgan fingerprint density at radius 2 is 1.26 bits per heavy atom. The van der Waals surface area contributed by atoms with Crippen LogP contribution in [0.25, 0.3) is 17.3 Å². The highest BCUT2D eigenvalue weighted by molar-refractivity contribution is 6.13. The first-order valence-corrected chi connectivity index (χ1v) is 14.1. The lowest BCUT2D eigenvalue weighted by atomic mass is 9.77. The number of imidazole rings is 1. The summed E-state index contributed by atoms with van der Waals surface area (Å²) in [7, 11) is 0. The lowest BCUT2D eigenvalue weighted by Gasteiger charge is -2.37. The van der Waals surface area contributed by atoms with E-state index in [0.29, 0.717) is 12.0 Å². The number of aryl methyl sites for hydroxylation is 1. The quantitative estimate of drug-likeness (QED) is 0.162. The third-order valence-electron chi connectivity index (χ3n) is 8.07. The first-order valence-electron chi connectivity index (χ1n) is 14.1. The highest BCUT2D eigenvalue weighted by Crippen LogP contribution is 2.41. The van der Waals surface area contributed by atoms with E-state index >= 15 is 0 Å². The van der Waals surface area contributed by atoms with Gasteiger partial charge in [-0.3, -0.25) is 4.79 Å². The fourth-order valence-electron chi connectivity index (χ4n) is 6.10. The Kier molecular flexibility index (Phi) is 6.61. The molecule has 42 heavy (non-hydrogen) atoms.